The van der Waals surface area contributed by atoms with Gasteiger partial charge in [-0.05, 0) is 34.9 Å². The van der Waals surface area contributed by atoms with Gasteiger partial charge in [-0.3, -0.25) is 9.69 Å². The van der Waals surface area contributed by atoms with Crippen LogP contribution in [0.3, 0.4) is 0 Å². The van der Waals surface area contributed by atoms with E-state index >= 15 is 0 Å². The lowest BCUT2D eigenvalue weighted by molar-refractivity contribution is -0.147. The average molecular weight is 472 g/mol. The molecule has 3 aromatic carbocycles. The number of hydrogen-bond acceptors (Lipinski definition) is 6. The first-order valence-electron chi connectivity index (χ1n) is 12.0. The second-order valence-electron chi connectivity index (χ2n) is 8.75. The summed E-state index contributed by atoms with van der Waals surface area (Å²) < 4.78 is 12.1. The van der Waals surface area contributed by atoms with Gasteiger partial charge in [-0.1, -0.05) is 61.5 Å². The minimum atomic E-state index is -0.520. The Morgan fingerprint density at radius 3 is 2.43 bits per heavy atom. The first kappa shape index (κ1) is 22.9. The van der Waals surface area contributed by atoms with Crippen LogP contribution in [0.5, 0.6) is 0 Å². The first-order valence-corrected chi connectivity index (χ1v) is 12.0. The lowest BCUT2D eigenvalue weighted by Gasteiger charge is -2.36. The predicted molar refractivity (Wildman–Crippen MR) is 136 cm³/mol. The third-order valence-corrected chi connectivity index (χ3v) is 6.47. The van der Waals surface area contributed by atoms with Crippen molar-refractivity contribution in [3.8, 4) is 11.1 Å². The molecule has 0 aliphatic carbocycles. The fourth-order valence-corrected chi connectivity index (χ4v) is 4.57. The maximum absolute atomic E-state index is 12.4. The van der Waals surface area contributed by atoms with Crippen molar-refractivity contribution >= 4 is 22.8 Å². The van der Waals surface area contributed by atoms with Crippen molar-refractivity contribution in [3.05, 3.63) is 88.9 Å². The zero-order valence-corrected chi connectivity index (χ0v) is 19.9. The van der Waals surface area contributed by atoms with Gasteiger partial charge in [0.2, 0.25) is 0 Å². The highest BCUT2D eigenvalue weighted by molar-refractivity contribution is 5.87. The summed E-state index contributed by atoms with van der Waals surface area (Å²) in [6.07, 6.45) is 0.261. The number of ether oxygens (including phenoxy) is 1. The molecule has 180 valence electrons. The van der Waals surface area contributed by atoms with Gasteiger partial charge < -0.3 is 14.1 Å². The third kappa shape index (κ3) is 5.00. The van der Waals surface area contributed by atoms with Gasteiger partial charge in [0.1, 0.15) is 0 Å². The fourth-order valence-electron chi connectivity index (χ4n) is 4.57. The predicted octanol–water partition coefficient (Wildman–Crippen LogP) is 4.49. The zero-order chi connectivity index (χ0) is 24.2. The number of piperazine rings is 1. The quantitative estimate of drug-likeness (QED) is 0.370. The highest BCUT2D eigenvalue weighted by atomic mass is 16.5. The van der Waals surface area contributed by atoms with Crippen LogP contribution in [0, 0.1) is 0 Å². The van der Waals surface area contributed by atoms with Crippen LogP contribution in [0.25, 0.3) is 22.2 Å². The number of carbonyl (C=O) groups is 1. The van der Waals surface area contributed by atoms with E-state index < -0.39 is 5.76 Å². The second-order valence-corrected chi connectivity index (χ2v) is 8.75. The lowest BCUT2D eigenvalue weighted by Crippen LogP contribution is -2.46. The number of fused-ring (bicyclic) bond motifs is 1. The summed E-state index contributed by atoms with van der Waals surface area (Å²) in [6.45, 7) is 5.95. The number of hydrogen-bond donors (Lipinski definition) is 0. The van der Waals surface area contributed by atoms with E-state index in [1.54, 1.807) is 6.92 Å². The van der Waals surface area contributed by atoms with Gasteiger partial charge in [0.05, 0.1) is 11.2 Å². The number of aromatic nitrogens is 1. The molecule has 5 rings (SSSR count). The Hall–Kier alpha value is -3.84. The van der Waals surface area contributed by atoms with E-state index in [1.165, 1.54) is 21.3 Å². The van der Waals surface area contributed by atoms with Crippen LogP contribution in [0.15, 0.2) is 82.0 Å². The van der Waals surface area contributed by atoms with Crippen molar-refractivity contribution in [2.45, 2.75) is 26.6 Å². The molecule has 7 heteroatoms. The Morgan fingerprint density at radius 2 is 1.66 bits per heavy atom. The molecule has 1 aliphatic heterocycles. The van der Waals surface area contributed by atoms with Crippen molar-refractivity contribution in [2.24, 2.45) is 0 Å². The topological polar surface area (TPSA) is 67.9 Å². The van der Waals surface area contributed by atoms with Crippen LogP contribution in [-0.4, -0.2) is 41.6 Å². The molecule has 1 aliphatic rings. The Morgan fingerprint density at radius 1 is 0.914 bits per heavy atom. The maximum atomic E-state index is 12.4. The standard InChI is InChI=1S/C28H29N3O4/c1-2-26(32)34-20-31-25-13-7-12-24(27(25)35-28(31)33)30-16-14-29(15-17-30)19-21-8-6-11-23(18-21)22-9-4-3-5-10-22/h3-13,18H,2,14-17,19-20H2,1H3. The number of oxazole rings is 1. The van der Waals surface area contributed by atoms with Crippen molar-refractivity contribution in [3.63, 3.8) is 0 Å². The number of rotatable bonds is 7. The normalized spacial score (nSPS) is 14.4. The van der Waals surface area contributed by atoms with Crippen LogP contribution in [-0.2, 0) is 22.8 Å². The first-order chi connectivity index (χ1) is 17.1. The van der Waals surface area contributed by atoms with E-state index in [0.29, 0.717) is 11.1 Å². The summed E-state index contributed by atoms with van der Waals surface area (Å²) in [5.41, 5.74) is 5.82. The molecule has 35 heavy (non-hydrogen) atoms. The van der Waals surface area contributed by atoms with Crippen LogP contribution in [0.4, 0.5) is 5.69 Å². The van der Waals surface area contributed by atoms with E-state index in [9.17, 15) is 9.59 Å². The van der Waals surface area contributed by atoms with E-state index in [1.807, 2.05) is 24.3 Å². The van der Waals surface area contributed by atoms with Gasteiger partial charge in [-0.15, -0.1) is 0 Å². The Bertz CT molecular complexity index is 1370. The summed E-state index contributed by atoms with van der Waals surface area (Å²) in [5, 5.41) is 0. The summed E-state index contributed by atoms with van der Waals surface area (Å²) >= 11 is 0. The molecule has 4 aromatic rings. The Kier molecular flexibility index (Phi) is 6.68. The van der Waals surface area contributed by atoms with Crippen LogP contribution in [0.1, 0.15) is 18.9 Å². The molecule has 2 heterocycles. The summed E-state index contributed by atoms with van der Waals surface area (Å²) in [7, 11) is 0. The van der Waals surface area contributed by atoms with Gasteiger partial charge >= 0.3 is 11.7 Å². The average Bonchev–Trinajstić information content (AvgIpc) is 3.23. The molecule has 0 unspecified atom stereocenters. The molecule has 0 atom stereocenters. The number of esters is 1. The number of benzene rings is 3. The van der Waals surface area contributed by atoms with Gasteiger partial charge in [-0.25, -0.2) is 9.36 Å². The lowest BCUT2D eigenvalue weighted by atomic mass is 10.0. The fraction of sp³-hybridized carbons (Fsp3) is 0.286. The van der Waals surface area contributed by atoms with Crippen LogP contribution < -0.4 is 10.7 Å². The van der Waals surface area contributed by atoms with E-state index in [0.717, 1.165) is 38.4 Å². The van der Waals surface area contributed by atoms with Crippen molar-refractivity contribution in [2.75, 3.05) is 31.1 Å². The molecule has 1 aromatic heterocycles. The molecule has 1 saturated heterocycles. The highest BCUT2D eigenvalue weighted by Crippen LogP contribution is 2.28. The Labute approximate surface area is 204 Å². The number of nitrogens with zero attached hydrogens (tertiary/aromatic N) is 3. The molecular formula is C28H29N3O4. The summed E-state index contributed by atoms with van der Waals surface area (Å²) in [5.74, 6) is -0.874. The molecule has 1 fully saturated rings. The van der Waals surface area contributed by atoms with Gasteiger partial charge in [0.25, 0.3) is 0 Å². The minimum absolute atomic E-state index is 0.141. The SMILES string of the molecule is CCC(=O)OCn1c(=O)oc2c(N3CCN(Cc4cccc(-c5ccccc5)c4)CC3)cccc21. The van der Waals surface area contributed by atoms with Gasteiger partial charge in [0.15, 0.2) is 12.3 Å². The monoisotopic (exact) mass is 471 g/mol. The highest BCUT2D eigenvalue weighted by Gasteiger charge is 2.22. The van der Waals surface area contributed by atoms with E-state index in [-0.39, 0.29) is 19.1 Å². The minimum Gasteiger partial charge on any atom is -0.444 e. The molecule has 0 saturated carbocycles. The molecule has 7 nitrogen and oxygen atoms in total. The Balaban J connectivity index is 1.27. The van der Waals surface area contributed by atoms with Crippen molar-refractivity contribution in [1.82, 2.24) is 9.47 Å². The largest absolute Gasteiger partial charge is 0.444 e. The van der Waals surface area contributed by atoms with E-state index in [4.69, 9.17) is 9.15 Å². The molecule has 0 spiro atoms. The molecule has 0 amide bonds. The van der Waals surface area contributed by atoms with Crippen LogP contribution >= 0.6 is 0 Å². The third-order valence-electron chi connectivity index (χ3n) is 6.47. The molecule has 0 radical (unpaired) electrons. The summed E-state index contributed by atoms with van der Waals surface area (Å²) in [6, 6.07) is 24.9. The molecular weight excluding hydrogens is 442 g/mol. The second kappa shape index (κ2) is 10.2. The molecule has 0 bridgehead atoms. The van der Waals surface area contributed by atoms with Gasteiger partial charge in [0, 0.05) is 39.1 Å². The maximum Gasteiger partial charge on any atom is 0.422 e. The van der Waals surface area contributed by atoms with Crippen LogP contribution in [0.2, 0.25) is 0 Å². The number of para-hydroxylation sites is 1. The van der Waals surface area contributed by atoms with Gasteiger partial charge in [-0.2, -0.15) is 0 Å². The van der Waals surface area contributed by atoms with Crippen molar-refractivity contribution in [1.29, 1.82) is 0 Å². The molecule has 0 N–H and O–H groups in total. The smallest absolute Gasteiger partial charge is 0.422 e. The zero-order valence-electron chi connectivity index (χ0n) is 19.9. The van der Waals surface area contributed by atoms with E-state index in [2.05, 4.69) is 58.3 Å². The summed E-state index contributed by atoms with van der Waals surface area (Å²) in [4.78, 5) is 28.7. The number of anilines is 1. The number of carbonyl (C=O) groups excluding carboxylic acids is 1. The van der Waals surface area contributed by atoms with Crippen molar-refractivity contribution < 1.29 is 13.9 Å².